The van der Waals surface area contributed by atoms with E-state index in [2.05, 4.69) is 0 Å². The zero-order valence-electron chi connectivity index (χ0n) is 20.3. The molecule has 4 rings (SSSR count). The van der Waals surface area contributed by atoms with Crippen molar-refractivity contribution in [3.8, 4) is 11.5 Å². The van der Waals surface area contributed by atoms with Gasteiger partial charge in [0.25, 0.3) is 0 Å². The number of halogens is 1. The van der Waals surface area contributed by atoms with E-state index in [-0.39, 0.29) is 12.2 Å². The molecule has 1 saturated heterocycles. The van der Waals surface area contributed by atoms with Crippen molar-refractivity contribution in [3.05, 3.63) is 94.0 Å². The summed E-state index contributed by atoms with van der Waals surface area (Å²) in [6.45, 7) is 2.38. The van der Waals surface area contributed by atoms with Crippen LogP contribution in [0.15, 0.2) is 66.7 Å². The maximum Gasteiger partial charge on any atom is 0.248 e. The number of primary amides is 1. The van der Waals surface area contributed by atoms with Gasteiger partial charge in [-0.05, 0) is 66.4 Å². The van der Waals surface area contributed by atoms with Crippen molar-refractivity contribution in [1.82, 2.24) is 0 Å². The molecule has 0 saturated carbocycles. The first-order valence-electron chi connectivity index (χ1n) is 12.0. The number of carbonyl (C=O) groups is 1. The molecule has 1 fully saturated rings. The molecule has 1 heterocycles. The third-order valence-electron chi connectivity index (χ3n) is 6.27. The van der Waals surface area contributed by atoms with Crippen molar-refractivity contribution >= 4 is 17.5 Å². The first-order chi connectivity index (χ1) is 17.8. The van der Waals surface area contributed by atoms with Gasteiger partial charge in [-0.25, -0.2) is 0 Å². The quantitative estimate of drug-likeness (QED) is 0.336. The van der Waals surface area contributed by atoms with Gasteiger partial charge in [-0.2, -0.15) is 0 Å². The van der Waals surface area contributed by atoms with E-state index < -0.39 is 36.4 Å². The van der Waals surface area contributed by atoms with Gasteiger partial charge in [0.05, 0.1) is 6.61 Å². The molecule has 0 bridgehead atoms. The summed E-state index contributed by atoms with van der Waals surface area (Å²) < 4.78 is 17.2. The largest absolute Gasteiger partial charge is 0.494 e. The standard InChI is InChI=1S/C28H30ClNO7/c1-2-35-20-9-6-16(7-10-20)12-19-13-17(8-11-22(19)29)27-26(33)25(32)24(31)23(37-27)15-36-21-5-3-4-18(14-21)28(30)34/h3-11,13-14,23-27,31-33H,2,12,15H2,1H3,(H2,30,34)/t23-,24+,25-,26-,27+/m1/s1. The van der Waals surface area contributed by atoms with Crippen LogP contribution in [0.2, 0.25) is 5.02 Å². The highest BCUT2D eigenvalue weighted by Crippen LogP contribution is 2.35. The number of hydrogen-bond acceptors (Lipinski definition) is 7. The van der Waals surface area contributed by atoms with Crippen molar-refractivity contribution in [2.75, 3.05) is 13.2 Å². The number of aliphatic hydroxyl groups is 3. The summed E-state index contributed by atoms with van der Waals surface area (Å²) in [7, 11) is 0. The maximum atomic E-state index is 11.4. The van der Waals surface area contributed by atoms with Gasteiger partial charge >= 0.3 is 0 Å². The highest BCUT2D eigenvalue weighted by molar-refractivity contribution is 6.31. The van der Waals surface area contributed by atoms with Crippen LogP contribution in [0.4, 0.5) is 0 Å². The van der Waals surface area contributed by atoms with Crippen LogP contribution < -0.4 is 15.2 Å². The van der Waals surface area contributed by atoms with E-state index in [1.165, 1.54) is 6.07 Å². The lowest BCUT2D eigenvalue weighted by molar-refractivity contribution is -0.230. The fraction of sp³-hybridized carbons (Fsp3) is 0.321. The lowest BCUT2D eigenvalue weighted by atomic mass is 9.90. The minimum absolute atomic E-state index is 0.129. The van der Waals surface area contributed by atoms with Crippen molar-refractivity contribution in [2.24, 2.45) is 5.73 Å². The molecule has 9 heteroatoms. The van der Waals surface area contributed by atoms with E-state index in [9.17, 15) is 20.1 Å². The minimum atomic E-state index is -1.46. The summed E-state index contributed by atoms with van der Waals surface area (Å²) in [5.74, 6) is 0.544. The second-order valence-electron chi connectivity index (χ2n) is 8.87. The van der Waals surface area contributed by atoms with Gasteiger partial charge in [0, 0.05) is 10.6 Å². The molecule has 0 radical (unpaired) electrons. The Labute approximate surface area is 220 Å². The average Bonchev–Trinajstić information content (AvgIpc) is 2.90. The van der Waals surface area contributed by atoms with Crippen molar-refractivity contribution < 1.29 is 34.3 Å². The Hall–Kier alpha value is -3.14. The van der Waals surface area contributed by atoms with E-state index in [0.717, 1.165) is 16.9 Å². The first kappa shape index (κ1) is 26.9. The molecule has 37 heavy (non-hydrogen) atoms. The predicted octanol–water partition coefficient (Wildman–Crippen LogP) is 3.03. The second-order valence-corrected chi connectivity index (χ2v) is 9.28. The van der Waals surface area contributed by atoms with Crippen LogP contribution >= 0.6 is 11.6 Å². The number of benzene rings is 3. The monoisotopic (exact) mass is 527 g/mol. The van der Waals surface area contributed by atoms with Crippen LogP contribution in [0.25, 0.3) is 0 Å². The summed E-state index contributed by atoms with van der Waals surface area (Å²) in [5, 5.41) is 32.4. The summed E-state index contributed by atoms with van der Waals surface area (Å²) >= 11 is 6.47. The normalized spacial score (nSPS) is 23.4. The van der Waals surface area contributed by atoms with Gasteiger partial charge < -0.3 is 35.3 Å². The Morgan fingerprint density at radius 3 is 2.41 bits per heavy atom. The summed E-state index contributed by atoms with van der Waals surface area (Å²) in [5.41, 5.74) is 8.03. The summed E-state index contributed by atoms with van der Waals surface area (Å²) in [4.78, 5) is 11.4. The molecular weight excluding hydrogens is 498 g/mol. The molecule has 0 spiro atoms. The zero-order valence-corrected chi connectivity index (χ0v) is 21.0. The Balaban J connectivity index is 1.50. The van der Waals surface area contributed by atoms with Crippen LogP contribution in [-0.4, -0.2) is 58.9 Å². The van der Waals surface area contributed by atoms with E-state index >= 15 is 0 Å². The molecule has 0 aliphatic carbocycles. The first-order valence-corrected chi connectivity index (χ1v) is 12.4. The molecule has 1 aliphatic heterocycles. The Morgan fingerprint density at radius 2 is 1.70 bits per heavy atom. The molecule has 0 unspecified atom stereocenters. The van der Waals surface area contributed by atoms with Gasteiger partial charge in [0.1, 0.15) is 48.6 Å². The number of ether oxygens (including phenoxy) is 3. The Morgan fingerprint density at radius 1 is 0.946 bits per heavy atom. The van der Waals surface area contributed by atoms with E-state index in [0.29, 0.717) is 29.4 Å². The second kappa shape index (κ2) is 11.9. The predicted molar refractivity (Wildman–Crippen MR) is 138 cm³/mol. The van der Waals surface area contributed by atoms with Crippen molar-refractivity contribution in [3.63, 3.8) is 0 Å². The SMILES string of the molecule is CCOc1ccc(Cc2cc([C@@H]3O[C@H](COc4cccc(C(N)=O)c4)[C@H](O)[C@@H](O)[C@H]3O)ccc2Cl)cc1. The van der Waals surface area contributed by atoms with Gasteiger partial charge in [0.2, 0.25) is 5.91 Å². The third kappa shape index (κ3) is 6.41. The molecule has 196 valence electrons. The Kier molecular flexibility index (Phi) is 8.68. The van der Waals surface area contributed by atoms with Crippen LogP contribution in [0.5, 0.6) is 11.5 Å². The number of amides is 1. The molecule has 3 aromatic carbocycles. The van der Waals surface area contributed by atoms with E-state index in [4.69, 9.17) is 31.5 Å². The van der Waals surface area contributed by atoms with Gasteiger partial charge in [-0.15, -0.1) is 0 Å². The molecule has 3 aromatic rings. The highest BCUT2D eigenvalue weighted by atomic mass is 35.5. The fourth-order valence-corrected chi connectivity index (χ4v) is 4.46. The summed E-state index contributed by atoms with van der Waals surface area (Å²) in [6.07, 6.45) is -5.57. The van der Waals surface area contributed by atoms with E-state index in [1.807, 2.05) is 37.3 Å². The van der Waals surface area contributed by atoms with Gasteiger partial charge in [-0.3, -0.25) is 4.79 Å². The third-order valence-corrected chi connectivity index (χ3v) is 6.64. The lowest BCUT2D eigenvalue weighted by Gasteiger charge is -2.40. The molecule has 0 aromatic heterocycles. The number of rotatable bonds is 9. The van der Waals surface area contributed by atoms with Crippen molar-refractivity contribution in [1.29, 1.82) is 0 Å². The molecule has 1 amide bonds. The zero-order chi connectivity index (χ0) is 26.5. The maximum absolute atomic E-state index is 11.4. The lowest BCUT2D eigenvalue weighted by Crippen LogP contribution is -2.55. The molecule has 1 aliphatic rings. The Bertz CT molecular complexity index is 1220. The van der Waals surface area contributed by atoms with Crippen LogP contribution in [-0.2, 0) is 11.2 Å². The van der Waals surface area contributed by atoms with E-state index in [1.54, 1.807) is 30.3 Å². The number of nitrogens with two attached hydrogens (primary N) is 1. The minimum Gasteiger partial charge on any atom is -0.494 e. The molecule has 8 nitrogen and oxygen atoms in total. The number of hydrogen-bond donors (Lipinski definition) is 4. The average molecular weight is 528 g/mol. The molecule has 5 atom stereocenters. The van der Waals surface area contributed by atoms with Gasteiger partial charge in [0.15, 0.2) is 0 Å². The fourth-order valence-electron chi connectivity index (χ4n) is 4.28. The van der Waals surface area contributed by atoms with Crippen LogP contribution in [0, 0.1) is 0 Å². The van der Waals surface area contributed by atoms with Crippen LogP contribution in [0.3, 0.4) is 0 Å². The smallest absolute Gasteiger partial charge is 0.248 e. The topological polar surface area (TPSA) is 131 Å². The van der Waals surface area contributed by atoms with Crippen LogP contribution in [0.1, 0.15) is 40.1 Å². The molecular formula is C28H30ClNO7. The molecule has 5 N–H and O–H groups in total. The number of carbonyl (C=O) groups excluding carboxylic acids is 1. The summed E-state index contributed by atoms with van der Waals surface area (Å²) in [6, 6.07) is 19.3. The van der Waals surface area contributed by atoms with Gasteiger partial charge in [-0.1, -0.05) is 41.9 Å². The van der Waals surface area contributed by atoms with Crippen molar-refractivity contribution in [2.45, 2.75) is 43.9 Å². The number of aliphatic hydroxyl groups excluding tert-OH is 3. The highest BCUT2D eigenvalue weighted by Gasteiger charge is 2.44.